The highest BCUT2D eigenvalue weighted by molar-refractivity contribution is 6.03. The first kappa shape index (κ1) is 10.1. The number of Topliss-reactive ketones (excluding diaryl/α,β-unsaturated/α-hetero) is 1. The van der Waals surface area contributed by atoms with E-state index in [1.54, 1.807) is 11.0 Å². The summed E-state index contributed by atoms with van der Waals surface area (Å²) in [5.74, 6) is -0.366. The van der Waals surface area contributed by atoms with Crippen molar-refractivity contribution in [3.8, 4) is 0 Å². The minimum Gasteiger partial charge on any atom is -0.291 e. The molecule has 0 saturated heterocycles. The highest BCUT2D eigenvalue weighted by Crippen LogP contribution is 2.45. The summed E-state index contributed by atoms with van der Waals surface area (Å²) in [6, 6.07) is 5.61. The van der Waals surface area contributed by atoms with Crippen molar-refractivity contribution in [3.63, 3.8) is 0 Å². The molecule has 0 unspecified atom stereocenters. The van der Waals surface area contributed by atoms with Gasteiger partial charge in [-0.05, 0) is 37.1 Å². The topological polar surface area (TPSA) is 47.8 Å². The Morgan fingerprint density at radius 2 is 2.00 bits per heavy atom. The van der Waals surface area contributed by atoms with Crippen LogP contribution in [0, 0.1) is 5.82 Å². The fourth-order valence-electron chi connectivity index (χ4n) is 1.98. The third kappa shape index (κ3) is 1.54. The number of ketones is 1. The summed E-state index contributed by atoms with van der Waals surface area (Å²) in [5.41, 5.74) is -0.0756. The fraction of sp³-hybridized carbons (Fsp3) is 0.250. The molecule has 2 aromatic rings. The molecule has 1 aliphatic rings. The van der Waals surface area contributed by atoms with Crippen LogP contribution in [0.4, 0.5) is 4.39 Å². The standard InChI is InChI=1S/C12H10FN3O/c13-10-3-1-9(2-4-10)11(17)12(5-6-12)16-8-14-7-15-16/h1-4,7-8H,5-6H2. The average Bonchev–Trinajstić information content (AvgIpc) is 2.97. The predicted molar refractivity (Wildman–Crippen MR) is 58.0 cm³/mol. The Bertz CT molecular complexity index is 544. The summed E-state index contributed by atoms with van der Waals surface area (Å²) >= 11 is 0. The number of hydrogen-bond donors (Lipinski definition) is 0. The molecule has 0 aliphatic heterocycles. The zero-order valence-corrected chi connectivity index (χ0v) is 9.01. The van der Waals surface area contributed by atoms with Crippen LogP contribution in [-0.4, -0.2) is 20.5 Å². The lowest BCUT2D eigenvalue weighted by Crippen LogP contribution is -2.28. The zero-order valence-electron chi connectivity index (χ0n) is 9.01. The number of halogens is 1. The largest absolute Gasteiger partial charge is 0.291 e. The van der Waals surface area contributed by atoms with Gasteiger partial charge in [-0.2, -0.15) is 5.10 Å². The Labute approximate surface area is 97.1 Å². The van der Waals surface area contributed by atoms with Crippen molar-refractivity contribution >= 4 is 5.78 Å². The van der Waals surface area contributed by atoms with Gasteiger partial charge in [-0.3, -0.25) is 4.79 Å². The van der Waals surface area contributed by atoms with Crippen molar-refractivity contribution < 1.29 is 9.18 Å². The van der Waals surface area contributed by atoms with Crippen molar-refractivity contribution in [2.75, 3.05) is 0 Å². The SMILES string of the molecule is O=C(c1ccc(F)cc1)C1(n2cncn2)CC1. The van der Waals surface area contributed by atoms with E-state index >= 15 is 0 Å². The van der Waals surface area contributed by atoms with Gasteiger partial charge in [0.25, 0.3) is 0 Å². The van der Waals surface area contributed by atoms with Crippen molar-refractivity contribution in [3.05, 3.63) is 48.3 Å². The van der Waals surface area contributed by atoms with Crippen LogP contribution in [0.1, 0.15) is 23.2 Å². The molecule has 0 spiro atoms. The molecule has 5 heteroatoms. The maximum atomic E-state index is 12.8. The average molecular weight is 231 g/mol. The van der Waals surface area contributed by atoms with Gasteiger partial charge in [0.2, 0.25) is 0 Å². The molecule has 0 amide bonds. The molecule has 0 atom stereocenters. The van der Waals surface area contributed by atoms with Gasteiger partial charge in [-0.25, -0.2) is 14.1 Å². The Balaban J connectivity index is 1.95. The van der Waals surface area contributed by atoms with Gasteiger partial charge in [-0.15, -0.1) is 0 Å². The summed E-state index contributed by atoms with van der Waals surface area (Å²) in [7, 11) is 0. The van der Waals surface area contributed by atoms with Crippen LogP contribution in [0.5, 0.6) is 0 Å². The van der Waals surface area contributed by atoms with Crippen LogP contribution in [-0.2, 0) is 5.54 Å². The monoisotopic (exact) mass is 231 g/mol. The van der Waals surface area contributed by atoms with E-state index in [-0.39, 0.29) is 11.6 Å². The molecule has 3 rings (SSSR count). The Hall–Kier alpha value is -2.04. The first-order valence-corrected chi connectivity index (χ1v) is 5.38. The van der Waals surface area contributed by atoms with E-state index in [0.29, 0.717) is 5.56 Å². The van der Waals surface area contributed by atoms with Gasteiger partial charge in [0.1, 0.15) is 24.0 Å². The Morgan fingerprint density at radius 1 is 1.29 bits per heavy atom. The molecular weight excluding hydrogens is 221 g/mol. The lowest BCUT2D eigenvalue weighted by molar-refractivity contribution is 0.0896. The van der Waals surface area contributed by atoms with Crippen LogP contribution < -0.4 is 0 Å². The predicted octanol–water partition coefficient (Wildman–Crippen LogP) is 1.79. The molecule has 86 valence electrons. The summed E-state index contributed by atoms with van der Waals surface area (Å²) < 4.78 is 14.4. The number of aromatic nitrogens is 3. The number of nitrogens with zero attached hydrogens (tertiary/aromatic N) is 3. The van der Waals surface area contributed by atoms with Gasteiger partial charge < -0.3 is 0 Å². The second kappa shape index (κ2) is 3.48. The molecule has 4 nitrogen and oxygen atoms in total. The minimum absolute atomic E-state index is 0.0250. The highest BCUT2D eigenvalue weighted by atomic mass is 19.1. The second-order valence-electron chi connectivity index (χ2n) is 4.21. The zero-order chi connectivity index (χ0) is 11.9. The Morgan fingerprint density at radius 3 is 2.53 bits per heavy atom. The van der Waals surface area contributed by atoms with Crippen LogP contribution in [0.2, 0.25) is 0 Å². The summed E-state index contributed by atoms with van der Waals surface area (Å²) in [6.45, 7) is 0. The van der Waals surface area contributed by atoms with E-state index in [2.05, 4.69) is 10.1 Å². The fourth-order valence-corrected chi connectivity index (χ4v) is 1.98. The minimum atomic E-state index is -0.589. The van der Waals surface area contributed by atoms with Crippen LogP contribution in [0.3, 0.4) is 0 Å². The third-order valence-corrected chi connectivity index (χ3v) is 3.11. The first-order valence-electron chi connectivity index (χ1n) is 5.38. The number of benzene rings is 1. The molecule has 1 aromatic carbocycles. The van der Waals surface area contributed by atoms with Gasteiger partial charge >= 0.3 is 0 Å². The third-order valence-electron chi connectivity index (χ3n) is 3.11. The van der Waals surface area contributed by atoms with Crippen molar-refractivity contribution in [1.82, 2.24) is 14.8 Å². The van der Waals surface area contributed by atoms with Crippen molar-refractivity contribution in [2.24, 2.45) is 0 Å². The van der Waals surface area contributed by atoms with E-state index < -0.39 is 5.54 Å². The molecule has 0 bridgehead atoms. The molecule has 1 aliphatic carbocycles. The summed E-state index contributed by atoms with van der Waals surface area (Å²) in [4.78, 5) is 16.2. The number of carbonyl (C=O) groups is 1. The normalized spacial score (nSPS) is 16.8. The first-order chi connectivity index (χ1) is 8.22. The van der Waals surface area contributed by atoms with Gasteiger partial charge in [0.15, 0.2) is 5.78 Å². The lowest BCUT2D eigenvalue weighted by Gasteiger charge is -2.13. The lowest BCUT2D eigenvalue weighted by atomic mass is 10.0. The molecule has 1 aromatic heterocycles. The molecule has 1 fully saturated rings. The quantitative estimate of drug-likeness (QED) is 0.756. The molecule has 0 radical (unpaired) electrons. The van der Waals surface area contributed by atoms with E-state index in [0.717, 1.165) is 12.8 Å². The number of hydrogen-bond acceptors (Lipinski definition) is 3. The maximum absolute atomic E-state index is 12.8. The van der Waals surface area contributed by atoms with Crippen molar-refractivity contribution in [2.45, 2.75) is 18.4 Å². The van der Waals surface area contributed by atoms with Gasteiger partial charge in [0, 0.05) is 5.56 Å². The van der Waals surface area contributed by atoms with Crippen LogP contribution in [0.15, 0.2) is 36.9 Å². The molecule has 1 heterocycles. The number of carbonyl (C=O) groups excluding carboxylic acids is 1. The maximum Gasteiger partial charge on any atom is 0.190 e. The van der Waals surface area contributed by atoms with Gasteiger partial charge in [0.05, 0.1) is 0 Å². The van der Waals surface area contributed by atoms with E-state index in [4.69, 9.17) is 0 Å². The summed E-state index contributed by atoms with van der Waals surface area (Å²) in [5, 5.41) is 4.03. The molecule has 0 N–H and O–H groups in total. The smallest absolute Gasteiger partial charge is 0.190 e. The number of rotatable bonds is 3. The van der Waals surface area contributed by atoms with Crippen LogP contribution >= 0.6 is 0 Å². The molecule has 1 saturated carbocycles. The second-order valence-corrected chi connectivity index (χ2v) is 4.21. The highest BCUT2D eigenvalue weighted by Gasteiger charge is 2.52. The van der Waals surface area contributed by atoms with Crippen LogP contribution in [0.25, 0.3) is 0 Å². The molecular formula is C12H10FN3O. The van der Waals surface area contributed by atoms with E-state index in [1.165, 1.54) is 30.6 Å². The van der Waals surface area contributed by atoms with Crippen molar-refractivity contribution in [1.29, 1.82) is 0 Å². The summed E-state index contributed by atoms with van der Waals surface area (Å²) in [6.07, 6.45) is 4.48. The Kier molecular flexibility index (Phi) is 2.07. The van der Waals surface area contributed by atoms with Gasteiger partial charge in [-0.1, -0.05) is 0 Å². The van der Waals surface area contributed by atoms with E-state index in [9.17, 15) is 9.18 Å². The molecule has 17 heavy (non-hydrogen) atoms. The van der Waals surface area contributed by atoms with E-state index in [1.807, 2.05) is 0 Å².